The van der Waals surface area contributed by atoms with Crippen molar-refractivity contribution in [1.29, 1.82) is 0 Å². The van der Waals surface area contributed by atoms with Crippen molar-refractivity contribution in [2.45, 2.75) is 45.6 Å². The molecule has 1 heterocycles. The third-order valence-electron chi connectivity index (χ3n) is 4.30. The molecule has 2 fully saturated rings. The Hall–Kier alpha value is -0.0400. The van der Waals surface area contributed by atoms with Crippen molar-refractivity contribution in [2.24, 2.45) is 11.8 Å². The molecular weight excluding hydrogens is 146 g/mol. The fraction of sp³-hybridized carbons (Fsp3) is 1.00. The van der Waals surface area contributed by atoms with Gasteiger partial charge < -0.3 is 0 Å². The Labute approximate surface area is 76.1 Å². The van der Waals surface area contributed by atoms with E-state index >= 15 is 0 Å². The quantitative estimate of drug-likeness (QED) is 0.624. The van der Waals surface area contributed by atoms with Crippen LogP contribution in [-0.2, 0) is 0 Å². The lowest BCUT2D eigenvalue weighted by Crippen LogP contribution is -2.39. The van der Waals surface area contributed by atoms with E-state index in [4.69, 9.17) is 0 Å². The van der Waals surface area contributed by atoms with Gasteiger partial charge in [0.25, 0.3) is 0 Å². The third-order valence-corrected chi connectivity index (χ3v) is 4.30. The molecule has 0 aromatic heterocycles. The highest BCUT2D eigenvalue weighted by Crippen LogP contribution is 2.60. The van der Waals surface area contributed by atoms with Gasteiger partial charge in [0.15, 0.2) is 0 Å². The molecule has 0 aromatic rings. The fourth-order valence-corrected chi connectivity index (χ4v) is 3.32. The van der Waals surface area contributed by atoms with Gasteiger partial charge in [0.2, 0.25) is 0 Å². The van der Waals surface area contributed by atoms with Gasteiger partial charge in [0.05, 0.1) is 0 Å². The van der Waals surface area contributed by atoms with Gasteiger partial charge in [-0.15, -0.1) is 0 Å². The average molecular weight is 167 g/mol. The standard InChI is InChI=1S/C11H21N/c1-4-9(3)11-8-10(11)6-7-12(11)5-2/h9-10H,4-8H2,1-3H3. The molecule has 70 valence electrons. The number of rotatable bonds is 3. The molecule has 1 aliphatic heterocycles. The Kier molecular flexibility index (Phi) is 1.95. The first-order valence-electron chi connectivity index (χ1n) is 5.50. The van der Waals surface area contributed by atoms with Crippen molar-refractivity contribution in [3.8, 4) is 0 Å². The van der Waals surface area contributed by atoms with Crippen LogP contribution in [0, 0.1) is 11.8 Å². The fourth-order valence-electron chi connectivity index (χ4n) is 3.32. The van der Waals surface area contributed by atoms with Crippen LogP contribution >= 0.6 is 0 Å². The van der Waals surface area contributed by atoms with E-state index in [1.807, 2.05) is 0 Å². The average Bonchev–Trinajstić information content (AvgIpc) is 2.73. The summed E-state index contributed by atoms with van der Waals surface area (Å²) >= 11 is 0. The van der Waals surface area contributed by atoms with Crippen LogP contribution in [0.4, 0.5) is 0 Å². The number of likely N-dealkylation sites (tertiary alicyclic amines) is 1. The SMILES string of the molecule is CCC(C)C12CC1CCN2CC. The minimum atomic E-state index is 0.670. The molecule has 1 nitrogen and oxygen atoms in total. The first-order valence-corrected chi connectivity index (χ1v) is 5.50. The molecule has 1 aliphatic carbocycles. The molecule has 1 saturated heterocycles. The summed E-state index contributed by atoms with van der Waals surface area (Å²) in [4.78, 5) is 2.73. The van der Waals surface area contributed by atoms with E-state index in [0.29, 0.717) is 5.54 Å². The Balaban J connectivity index is 2.10. The van der Waals surface area contributed by atoms with Gasteiger partial charge in [0.1, 0.15) is 0 Å². The molecule has 3 atom stereocenters. The molecule has 0 radical (unpaired) electrons. The number of fused-ring (bicyclic) bond motifs is 1. The van der Waals surface area contributed by atoms with Crippen LogP contribution in [0.2, 0.25) is 0 Å². The molecule has 1 saturated carbocycles. The predicted octanol–water partition coefficient (Wildman–Crippen LogP) is 2.52. The smallest absolute Gasteiger partial charge is 0.0267 e. The summed E-state index contributed by atoms with van der Waals surface area (Å²) in [7, 11) is 0. The maximum atomic E-state index is 2.73. The normalized spacial score (nSPS) is 42.8. The third kappa shape index (κ3) is 0.891. The second-order valence-corrected chi connectivity index (χ2v) is 4.57. The number of hydrogen-bond acceptors (Lipinski definition) is 1. The van der Waals surface area contributed by atoms with E-state index in [-0.39, 0.29) is 0 Å². The van der Waals surface area contributed by atoms with Crippen LogP contribution in [0.1, 0.15) is 40.0 Å². The summed E-state index contributed by atoms with van der Waals surface area (Å²) < 4.78 is 0. The maximum Gasteiger partial charge on any atom is 0.0267 e. The van der Waals surface area contributed by atoms with Crippen molar-refractivity contribution in [1.82, 2.24) is 4.90 Å². The minimum absolute atomic E-state index is 0.670. The van der Waals surface area contributed by atoms with Crippen LogP contribution < -0.4 is 0 Å². The summed E-state index contributed by atoms with van der Waals surface area (Å²) in [5, 5.41) is 0. The lowest BCUT2D eigenvalue weighted by Gasteiger charge is -2.31. The number of nitrogens with zero attached hydrogens (tertiary/aromatic N) is 1. The van der Waals surface area contributed by atoms with Gasteiger partial charge in [-0.25, -0.2) is 0 Å². The molecule has 0 aromatic carbocycles. The molecule has 0 amide bonds. The van der Waals surface area contributed by atoms with Crippen LogP contribution in [0.3, 0.4) is 0 Å². The van der Waals surface area contributed by atoms with Crippen molar-refractivity contribution in [3.63, 3.8) is 0 Å². The van der Waals surface area contributed by atoms with Gasteiger partial charge in [-0.3, -0.25) is 4.90 Å². The Morgan fingerprint density at radius 1 is 1.50 bits per heavy atom. The summed E-state index contributed by atoms with van der Waals surface area (Å²) in [5.74, 6) is 1.98. The first kappa shape index (κ1) is 8.55. The molecule has 2 rings (SSSR count). The van der Waals surface area contributed by atoms with Crippen molar-refractivity contribution >= 4 is 0 Å². The van der Waals surface area contributed by atoms with Crippen molar-refractivity contribution < 1.29 is 0 Å². The largest absolute Gasteiger partial charge is 0.297 e. The van der Waals surface area contributed by atoms with E-state index in [1.165, 1.54) is 32.4 Å². The Bertz CT molecular complexity index is 178. The summed E-state index contributed by atoms with van der Waals surface area (Å²) in [5.41, 5.74) is 0.670. The lowest BCUT2D eigenvalue weighted by molar-refractivity contribution is 0.159. The zero-order valence-corrected chi connectivity index (χ0v) is 8.64. The summed E-state index contributed by atoms with van der Waals surface area (Å²) in [6.45, 7) is 9.71. The zero-order chi connectivity index (χ0) is 8.77. The molecule has 0 bridgehead atoms. The maximum absolute atomic E-state index is 2.73. The molecule has 3 unspecified atom stereocenters. The van der Waals surface area contributed by atoms with Crippen LogP contribution in [0.5, 0.6) is 0 Å². The van der Waals surface area contributed by atoms with Crippen LogP contribution in [-0.4, -0.2) is 23.5 Å². The molecule has 0 spiro atoms. The second-order valence-electron chi connectivity index (χ2n) is 4.57. The highest BCUT2D eigenvalue weighted by molar-refractivity contribution is 5.17. The highest BCUT2D eigenvalue weighted by atomic mass is 15.3. The topological polar surface area (TPSA) is 3.24 Å². The van der Waals surface area contributed by atoms with Crippen molar-refractivity contribution in [3.05, 3.63) is 0 Å². The molecule has 0 N–H and O–H groups in total. The minimum Gasteiger partial charge on any atom is -0.297 e. The Morgan fingerprint density at radius 2 is 2.25 bits per heavy atom. The predicted molar refractivity (Wildman–Crippen MR) is 52.2 cm³/mol. The molecular formula is C11H21N. The van der Waals surface area contributed by atoms with Gasteiger partial charge >= 0.3 is 0 Å². The summed E-state index contributed by atoms with van der Waals surface area (Å²) in [6, 6.07) is 0. The molecule has 2 aliphatic rings. The zero-order valence-electron chi connectivity index (χ0n) is 8.64. The van der Waals surface area contributed by atoms with Gasteiger partial charge in [0, 0.05) is 5.54 Å². The van der Waals surface area contributed by atoms with E-state index in [1.54, 1.807) is 0 Å². The van der Waals surface area contributed by atoms with E-state index in [9.17, 15) is 0 Å². The van der Waals surface area contributed by atoms with Gasteiger partial charge in [-0.1, -0.05) is 27.2 Å². The first-order chi connectivity index (χ1) is 5.75. The van der Waals surface area contributed by atoms with Crippen LogP contribution in [0.15, 0.2) is 0 Å². The second kappa shape index (κ2) is 2.73. The molecule has 12 heavy (non-hydrogen) atoms. The van der Waals surface area contributed by atoms with E-state index in [2.05, 4.69) is 25.7 Å². The highest BCUT2D eigenvalue weighted by Gasteiger charge is 2.63. The van der Waals surface area contributed by atoms with Crippen molar-refractivity contribution in [2.75, 3.05) is 13.1 Å². The van der Waals surface area contributed by atoms with Gasteiger partial charge in [-0.2, -0.15) is 0 Å². The summed E-state index contributed by atoms with van der Waals surface area (Å²) in [6.07, 6.45) is 4.32. The van der Waals surface area contributed by atoms with Crippen LogP contribution in [0.25, 0.3) is 0 Å². The number of piperidine rings is 1. The van der Waals surface area contributed by atoms with E-state index in [0.717, 1.165) is 11.8 Å². The lowest BCUT2D eigenvalue weighted by atomic mass is 9.94. The van der Waals surface area contributed by atoms with E-state index < -0.39 is 0 Å². The van der Waals surface area contributed by atoms with Gasteiger partial charge in [-0.05, 0) is 37.8 Å². The number of hydrogen-bond donors (Lipinski definition) is 0. The Morgan fingerprint density at radius 3 is 2.75 bits per heavy atom. The molecule has 1 heteroatoms. The monoisotopic (exact) mass is 167 g/mol.